The Morgan fingerprint density at radius 1 is 1.24 bits per heavy atom. The van der Waals surface area contributed by atoms with Gasteiger partial charge < -0.3 is 10.6 Å². The van der Waals surface area contributed by atoms with E-state index in [2.05, 4.69) is 34.6 Å². The third-order valence-electron chi connectivity index (χ3n) is 4.11. The highest BCUT2D eigenvalue weighted by Crippen LogP contribution is 2.14. The number of nitrogens with one attached hydrogen (secondary N) is 2. The SMILES string of the molecule is CC[C@H](CNCc1ccc(NC(C)=O)cc1)N1CCCC1. The minimum atomic E-state index is -0.0303. The first-order chi connectivity index (χ1) is 10.2. The van der Waals surface area contributed by atoms with Crippen molar-refractivity contribution in [1.29, 1.82) is 0 Å². The van der Waals surface area contributed by atoms with Gasteiger partial charge in [-0.25, -0.2) is 0 Å². The van der Waals surface area contributed by atoms with Crippen molar-refractivity contribution in [2.75, 3.05) is 25.0 Å². The molecule has 1 heterocycles. The second-order valence-corrected chi connectivity index (χ2v) is 5.81. The summed E-state index contributed by atoms with van der Waals surface area (Å²) in [6.45, 7) is 8.23. The van der Waals surface area contributed by atoms with Gasteiger partial charge in [0.1, 0.15) is 0 Å². The third kappa shape index (κ3) is 5.14. The summed E-state index contributed by atoms with van der Waals surface area (Å²) in [4.78, 5) is 13.6. The Labute approximate surface area is 127 Å². The molecule has 4 nitrogen and oxygen atoms in total. The van der Waals surface area contributed by atoms with Gasteiger partial charge in [0.2, 0.25) is 5.91 Å². The highest BCUT2D eigenvalue weighted by molar-refractivity contribution is 5.88. The Balaban J connectivity index is 1.75. The maximum absolute atomic E-state index is 11.0. The molecule has 0 radical (unpaired) electrons. The van der Waals surface area contributed by atoms with Gasteiger partial charge in [0.05, 0.1) is 0 Å². The molecule has 0 saturated carbocycles. The average Bonchev–Trinajstić information content (AvgIpc) is 2.99. The van der Waals surface area contributed by atoms with Crippen LogP contribution in [0.15, 0.2) is 24.3 Å². The van der Waals surface area contributed by atoms with Crippen molar-refractivity contribution in [3.8, 4) is 0 Å². The molecule has 21 heavy (non-hydrogen) atoms. The van der Waals surface area contributed by atoms with Crippen molar-refractivity contribution >= 4 is 11.6 Å². The quantitative estimate of drug-likeness (QED) is 0.811. The van der Waals surface area contributed by atoms with Crippen molar-refractivity contribution in [1.82, 2.24) is 10.2 Å². The number of nitrogens with zero attached hydrogens (tertiary/aromatic N) is 1. The van der Waals surface area contributed by atoms with Crippen LogP contribution in [0.25, 0.3) is 0 Å². The molecule has 0 spiro atoms. The van der Waals surface area contributed by atoms with Crippen molar-refractivity contribution in [2.45, 2.75) is 45.7 Å². The Morgan fingerprint density at radius 3 is 2.48 bits per heavy atom. The number of rotatable bonds is 7. The standard InChI is InChI=1S/C17H27N3O/c1-3-17(20-10-4-5-11-20)13-18-12-15-6-8-16(9-7-15)19-14(2)21/h6-9,17-18H,3-5,10-13H2,1-2H3,(H,19,21)/t17-/m1/s1. The molecule has 1 saturated heterocycles. The summed E-state index contributed by atoms with van der Waals surface area (Å²) in [5.41, 5.74) is 2.11. The van der Waals surface area contributed by atoms with Crippen LogP contribution in [-0.4, -0.2) is 36.5 Å². The first-order valence-electron chi connectivity index (χ1n) is 8.00. The zero-order valence-electron chi connectivity index (χ0n) is 13.2. The number of anilines is 1. The molecule has 1 aromatic rings. The highest BCUT2D eigenvalue weighted by Gasteiger charge is 2.19. The Hall–Kier alpha value is -1.39. The van der Waals surface area contributed by atoms with E-state index in [0.717, 1.165) is 18.8 Å². The molecule has 0 aromatic heterocycles. The zero-order chi connectivity index (χ0) is 15.1. The minimum absolute atomic E-state index is 0.0303. The first kappa shape index (κ1) is 16.0. The van der Waals surface area contributed by atoms with E-state index in [1.165, 1.54) is 44.8 Å². The lowest BCUT2D eigenvalue weighted by atomic mass is 10.1. The van der Waals surface area contributed by atoms with Crippen LogP contribution in [-0.2, 0) is 11.3 Å². The zero-order valence-corrected chi connectivity index (χ0v) is 13.2. The van der Waals surface area contributed by atoms with E-state index in [1.54, 1.807) is 0 Å². The fourth-order valence-corrected chi connectivity index (χ4v) is 2.93. The maximum Gasteiger partial charge on any atom is 0.221 e. The van der Waals surface area contributed by atoms with E-state index in [1.807, 2.05) is 12.1 Å². The molecule has 0 unspecified atom stereocenters. The average molecular weight is 289 g/mol. The molecular weight excluding hydrogens is 262 g/mol. The van der Waals surface area contributed by atoms with E-state index in [4.69, 9.17) is 0 Å². The van der Waals surface area contributed by atoms with Crippen LogP contribution in [0.4, 0.5) is 5.69 Å². The molecule has 4 heteroatoms. The maximum atomic E-state index is 11.0. The van der Waals surface area contributed by atoms with Gasteiger partial charge in [0.15, 0.2) is 0 Å². The van der Waals surface area contributed by atoms with Gasteiger partial charge in [-0.1, -0.05) is 19.1 Å². The molecule has 2 N–H and O–H groups in total. The Morgan fingerprint density at radius 2 is 1.90 bits per heavy atom. The van der Waals surface area contributed by atoms with Crippen molar-refractivity contribution in [3.63, 3.8) is 0 Å². The topological polar surface area (TPSA) is 44.4 Å². The van der Waals surface area contributed by atoms with Crippen LogP contribution in [0.5, 0.6) is 0 Å². The van der Waals surface area contributed by atoms with Gasteiger partial charge in [-0.3, -0.25) is 9.69 Å². The largest absolute Gasteiger partial charge is 0.326 e. The number of hydrogen-bond acceptors (Lipinski definition) is 3. The van der Waals surface area contributed by atoms with Crippen LogP contribution in [0.2, 0.25) is 0 Å². The predicted octanol–water partition coefficient (Wildman–Crippen LogP) is 2.61. The second kappa shape index (κ2) is 8.15. The number of carbonyl (C=O) groups is 1. The molecule has 1 aliphatic rings. The fraction of sp³-hybridized carbons (Fsp3) is 0.588. The lowest BCUT2D eigenvalue weighted by molar-refractivity contribution is -0.114. The molecule has 0 bridgehead atoms. The molecule has 1 amide bonds. The fourth-order valence-electron chi connectivity index (χ4n) is 2.93. The number of benzene rings is 1. The summed E-state index contributed by atoms with van der Waals surface area (Å²) >= 11 is 0. The molecule has 2 rings (SSSR count). The van der Waals surface area contributed by atoms with E-state index < -0.39 is 0 Å². The number of carbonyl (C=O) groups excluding carboxylic acids is 1. The molecule has 0 aliphatic carbocycles. The van der Waals surface area contributed by atoms with Crippen molar-refractivity contribution in [2.24, 2.45) is 0 Å². The molecule has 1 atom stereocenters. The van der Waals surface area contributed by atoms with Crippen LogP contribution >= 0.6 is 0 Å². The highest BCUT2D eigenvalue weighted by atomic mass is 16.1. The number of amides is 1. The van der Waals surface area contributed by atoms with Crippen LogP contribution in [0.3, 0.4) is 0 Å². The van der Waals surface area contributed by atoms with E-state index in [-0.39, 0.29) is 5.91 Å². The van der Waals surface area contributed by atoms with Gasteiger partial charge in [0, 0.05) is 31.7 Å². The third-order valence-corrected chi connectivity index (χ3v) is 4.11. The number of hydrogen-bond donors (Lipinski definition) is 2. The van der Waals surface area contributed by atoms with Crippen LogP contribution in [0, 0.1) is 0 Å². The van der Waals surface area contributed by atoms with Gasteiger partial charge >= 0.3 is 0 Å². The van der Waals surface area contributed by atoms with Crippen LogP contribution < -0.4 is 10.6 Å². The van der Waals surface area contributed by atoms with E-state index in [9.17, 15) is 4.79 Å². The number of likely N-dealkylation sites (tertiary alicyclic amines) is 1. The summed E-state index contributed by atoms with van der Waals surface area (Å²) < 4.78 is 0. The van der Waals surface area contributed by atoms with Gasteiger partial charge in [0.25, 0.3) is 0 Å². The molecular formula is C17H27N3O. The van der Waals surface area contributed by atoms with Gasteiger partial charge in [-0.05, 0) is 50.0 Å². The van der Waals surface area contributed by atoms with Gasteiger partial charge in [-0.2, -0.15) is 0 Å². The van der Waals surface area contributed by atoms with Gasteiger partial charge in [-0.15, -0.1) is 0 Å². The lowest BCUT2D eigenvalue weighted by Crippen LogP contribution is -2.40. The molecule has 116 valence electrons. The second-order valence-electron chi connectivity index (χ2n) is 5.81. The van der Waals surface area contributed by atoms with E-state index >= 15 is 0 Å². The summed E-state index contributed by atoms with van der Waals surface area (Å²) in [6, 6.07) is 8.70. The molecule has 1 fully saturated rings. The minimum Gasteiger partial charge on any atom is -0.326 e. The summed E-state index contributed by atoms with van der Waals surface area (Å²) in [5.74, 6) is -0.0303. The smallest absolute Gasteiger partial charge is 0.221 e. The summed E-state index contributed by atoms with van der Waals surface area (Å²) in [5, 5.41) is 6.35. The van der Waals surface area contributed by atoms with Crippen molar-refractivity contribution in [3.05, 3.63) is 29.8 Å². The monoisotopic (exact) mass is 289 g/mol. The Bertz CT molecular complexity index is 438. The van der Waals surface area contributed by atoms with E-state index in [0.29, 0.717) is 6.04 Å². The summed E-state index contributed by atoms with van der Waals surface area (Å²) in [7, 11) is 0. The van der Waals surface area contributed by atoms with Crippen molar-refractivity contribution < 1.29 is 4.79 Å². The predicted molar refractivity (Wildman–Crippen MR) is 87.3 cm³/mol. The molecule has 1 aromatic carbocycles. The summed E-state index contributed by atoms with van der Waals surface area (Å²) in [6.07, 6.45) is 3.90. The van der Waals surface area contributed by atoms with Crippen LogP contribution in [0.1, 0.15) is 38.7 Å². The lowest BCUT2D eigenvalue weighted by Gasteiger charge is -2.26. The first-order valence-corrected chi connectivity index (χ1v) is 8.00. The molecule has 1 aliphatic heterocycles. The Kier molecular flexibility index (Phi) is 6.21. The normalized spacial score (nSPS) is 16.9.